The van der Waals surface area contributed by atoms with E-state index in [-0.39, 0.29) is 11.0 Å². The van der Waals surface area contributed by atoms with Crippen LogP contribution in [0.5, 0.6) is 11.6 Å². The summed E-state index contributed by atoms with van der Waals surface area (Å²) < 4.78 is 8.06. The van der Waals surface area contributed by atoms with Crippen LogP contribution in [-0.2, 0) is 6.54 Å². The van der Waals surface area contributed by atoms with E-state index < -0.39 is 0 Å². The molecule has 1 aromatic heterocycles. The molecule has 4 rings (SSSR count). The second kappa shape index (κ2) is 10.1. The Hall–Kier alpha value is -2.94. The Morgan fingerprint density at radius 1 is 1.15 bits per heavy atom. The number of rotatable bonds is 5. The molecule has 0 bridgehead atoms. The van der Waals surface area contributed by atoms with E-state index in [1.165, 1.54) is 0 Å². The van der Waals surface area contributed by atoms with Crippen molar-refractivity contribution in [2.75, 3.05) is 12.4 Å². The standard InChI is InChI=1S/C25H22BrClN4O2S/c1-14-6-4-5-7-16(14)13-31-21-9-8-17(26)11-18(21)23(24(31)32)29-30-25(34)28-20-10-15(2)19(27)12-22(20)33-3/h4-12,32H,13H2,1-3H3,(H,28,34). The highest BCUT2D eigenvalue weighted by Gasteiger charge is 2.18. The fourth-order valence-electron chi connectivity index (χ4n) is 3.68. The van der Waals surface area contributed by atoms with E-state index in [0.29, 0.717) is 28.7 Å². The van der Waals surface area contributed by atoms with Crippen LogP contribution in [-0.4, -0.2) is 21.9 Å². The van der Waals surface area contributed by atoms with Gasteiger partial charge in [0, 0.05) is 20.9 Å². The molecule has 0 spiro atoms. The van der Waals surface area contributed by atoms with Gasteiger partial charge in [0.1, 0.15) is 5.75 Å². The first-order chi connectivity index (χ1) is 16.3. The number of hydrogen-bond donors (Lipinski definition) is 2. The monoisotopic (exact) mass is 556 g/mol. The van der Waals surface area contributed by atoms with Crippen LogP contribution >= 0.6 is 39.7 Å². The lowest BCUT2D eigenvalue weighted by Crippen LogP contribution is -2.06. The van der Waals surface area contributed by atoms with E-state index in [1.54, 1.807) is 13.2 Å². The van der Waals surface area contributed by atoms with Crippen molar-refractivity contribution in [1.82, 2.24) is 4.57 Å². The highest BCUT2D eigenvalue weighted by atomic mass is 79.9. The average molecular weight is 558 g/mol. The van der Waals surface area contributed by atoms with Gasteiger partial charge in [-0.15, -0.1) is 10.2 Å². The molecular formula is C25H22BrClN4O2S. The highest BCUT2D eigenvalue weighted by molar-refractivity contribution is 9.10. The first-order valence-electron chi connectivity index (χ1n) is 10.4. The number of halogens is 2. The van der Waals surface area contributed by atoms with Gasteiger partial charge in [-0.25, -0.2) is 0 Å². The summed E-state index contributed by atoms with van der Waals surface area (Å²) in [7, 11) is 1.55. The molecule has 0 fully saturated rings. The molecule has 0 saturated heterocycles. The van der Waals surface area contributed by atoms with Crippen molar-refractivity contribution in [3.05, 3.63) is 80.8 Å². The zero-order valence-corrected chi connectivity index (χ0v) is 21.9. The molecule has 0 atom stereocenters. The van der Waals surface area contributed by atoms with Crippen molar-refractivity contribution in [1.29, 1.82) is 0 Å². The quantitative estimate of drug-likeness (QED) is 0.193. The van der Waals surface area contributed by atoms with Crippen LogP contribution < -0.4 is 10.1 Å². The van der Waals surface area contributed by atoms with Gasteiger partial charge in [0.15, 0.2) is 5.69 Å². The molecule has 0 unspecified atom stereocenters. The Bertz CT molecular complexity index is 1430. The SMILES string of the molecule is COc1cc(Cl)c(C)cc1NC(=S)N=Nc1c(O)n(Cc2ccccc2C)c2ccc(Br)cc12. The molecular weight excluding hydrogens is 536 g/mol. The van der Waals surface area contributed by atoms with Gasteiger partial charge < -0.3 is 19.7 Å². The molecule has 1 heterocycles. The van der Waals surface area contributed by atoms with E-state index in [1.807, 2.05) is 66.9 Å². The fourth-order valence-corrected chi connectivity index (χ4v) is 4.34. The maximum atomic E-state index is 11.1. The number of anilines is 1. The van der Waals surface area contributed by atoms with E-state index in [2.05, 4.69) is 31.5 Å². The second-order valence-corrected chi connectivity index (χ2v) is 9.49. The lowest BCUT2D eigenvalue weighted by Gasteiger charge is -2.11. The van der Waals surface area contributed by atoms with E-state index in [0.717, 1.165) is 32.1 Å². The molecule has 174 valence electrons. The number of aromatic hydroxyl groups is 1. The zero-order chi connectivity index (χ0) is 24.4. The van der Waals surface area contributed by atoms with Gasteiger partial charge in [-0.2, -0.15) is 0 Å². The minimum Gasteiger partial charge on any atom is -0.495 e. The molecule has 0 amide bonds. The van der Waals surface area contributed by atoms with Crippen molar-refractivity contribution < 1.29 is 9.84 Å². The average Bonchev–Trinajstić information content (AvgIpc) is 3.06. The smallest absolute Gasteiger partial charge is 0.221 e. The molecule has 3 aromatic carbocycles. The Balaban J connectivity index is 1.69. The van der Waals surface area contributed by atoms with Crippen molar-refractivity contribution in [3.63, 3.8) is 0 Å². The van der Waals surface area contributed by atoms with Crippen LogP contribution in [0.1, 0.15) is 16.7 Å². The van der Waals surface area contributed by atoms with Gasteiger partial charge in [0.05, 0.1) is 24.9 Å². The normalized spacial score (nSPS) is 11.3. The molecule has 34 heavy (non-hydrogen) atoms. The second-order valence-electron chi connectivity index (χ2n) is 7.78. The molecule has 2 N–H and O–H groups in total. The van der Waals surface area contributed by atoms with Gasteiger partial charge in [0.2, 0.25) is 11.0 Å². The van der Waals surface area contributed by atoms with Crippen LogP contribution in [0.15, 0.2) is 69.3 Å². The summed E-state index contributed by atoms with van der Waals surface area (Å²) in [5, 5.41) is 24.1. The summed E-state index contributed by atoms with van der Waals surface area (Å²) in [6.45, 7) is 4.43. The third-order valence-corrected chi connectivity index (χ3v) is 6.61. The Morgan fingerprint density at radius 2 is 1.91 bits per heavy atom. The summed E-state index contributed by atoms with van der Waals surface area (Å²) >= 11 is 15.1. The fraction of sp³-hybridized carbons (Fsp3) is 0.160. The maximum Gasteiger partial charge on any atom is 0.221 e. The van der Waals surface area contributed by atoms with Crippen molar-refractivity contribution in [2.24, 2.45) is 10.2 Å². The summed E-state index contributed by atoms with van der Waals surface area (Å²) in [5.41, 5.74) is 4.92. The lowest BCUT2D eigenvalue weighted by molar-refractivity contribution is 0.417. The van der Waals surface area contributed by atoms with Crippen molar-refractivity contribution in [3.8, 4) is 11.6 Å². The number of aryl methyl sites for hydroxylation is 2. The number of thiocarbonyl (C=S) groups is 1. The topological polar surface area (TPSA) is 71.1 Å². The molecule has 4 aromatic rings. The third-order valence-electron chi connectivity index (χ3n) is 5.52. The molecule has 0 radical (unpaired) electrons. The maximum absolute atomic E-state index is 11.1. The van der Waals surface area contributed by atoms with Crippen LogP contribution in [0.3, 0.4) is 0 Å². The van der Waals surface area contributed by atoms with Crippen LogP contribution in [0.2, 0.25) is 5.02 Å². The highest BCUT2D eigenvalue weighted by Crippen LogP contribution is 2.41. The Kier molecular flexibility index (Phi) is 7.21. The minimum atomic E-state index is 0.0165. The molecule has 0 aliphatic heterocycles. The molecule has 0 saturated carbocycles. The molecule has 0 aliphatic rings. The number of aromatic nitrogens is 1. The Labute approximate surface area is 216 Å². The summed E-state index contributed by atoms with van der Waals surface area (Å²) in [6.07, 6.45) is 0. The lowest BCUT2D eigenvalue weighted by atomic mass is 10.1. The number of hydrogen-bond acceptors (Lipinski definition) is 4. The van der Waals surface area contributed by atoms with E-state index in [4.69, 9.17) is 28.6 Å². The number of benzene rings is 3. The Morgan fingerprint density at radius 3 is 2.65 bits per heavy atom. The predicted octanol–water partition coefficient (Wildman–Crippen LogP) is 7.92. The third kappa shape index (κ3) is 4.94. The number of ether oxygens (including phenoxy) is 1. The summed E-state index contributed by atoms with van der Waals surface area (Å²) in [4.78, 5) is 0. The van der Waals surface area contributed by atoms with Crippen LogP contribution in [0, 0.1) is 13.8 Å². The minimum absolute atomic E-state index is 0.0165. The summed E-state index contributed by atoms with van der Waals surface area (Å²) in [6, 6.07) is 17.4. The predicted molar refractivity (Wildman–Crippen MR) is 145 cm³/mol. The summed E-state index contributed by atoms with van der Waals surface area (Å²) in [5.74, 6) is 0.553. The van der Waals surface area contributed by atoms with Crippen LogP contribution in [0.25, 0.3) is 10.9 Å². The van der Waals surface area contributed by atoms with Gasteiger partial charge >= 0.3 is 0 Å². The molecule has 9 heteroatoms. The number of nitrogens with zero attached hydrogens (tertiary/aromatic N) is 3. The first-order valence-corrected chi connectivity index (χ1v) is 12.0. The largest absolute Gasteiger partial charge is 0.495 e. The first kappa shape index (κ1) is 24.2. The number of methoxy groups -OCH3 is 1. The van der Waals surface area contributed by atoms with Crippen molar-refractivity contribution >= 4 is 67.1 Å². The van der Waals surface area contributed by atoms with Crippen LogP contribution in [0.4, 0.5) is 11.4 Å². The number of fused-ring (bicyclic) bond motifs is 1. The van der Waals surface area contributed by atoms with Gasteiger partial charge in [-0.1, -0.05) is 51.8 Å². The number of nitrogens with one attached hydrogen (secondary N) is 1. The number of azo groups is 1. The zero-order valence-electron chi connectivity index (χ0n) is 18.8. The van der Waals surface area contributed by atoms with E-state index in [9.17, 15) is 5.11 Å². The van der Waals surface area contributed by atoms with E-state index >= 15 is 0 Å². The van der Waals surface area contributed by atoms with Gasteiger partial charge in [0.25, 0.3) is 0 Å². The van der Waals surface area contributed by atoms with Gasteiger partial charge in [-0.05, 0) is 67.0 Å². The molecule has 6 nitrogen and oxygen atoms in total. The van der Waals surface area contributed by atoms with Crippen molar-refractivity contribution in [2.45, 2.75) is 20.4 Å². The van der Waals surface area contributed by atoms with Gasteiger partial charge in [-0.3, -0.25) is 0 Å². The molecule has 0 aliphatic carbocycles.